The Kier molecular flexibility index (Phi) is 6.39. The second kappa shape index (κ2) is 7.89. The van der Waals surface area contributed by atoms with Crippen LogP contribution < -0.4 is 5.73 Å². The van der Waals surface area contributed by atoms with E-state index >= 15 is 0 Å². The fraction of sp³-hybridized carbons (Fsp3) is 0.467. The molecule has 0 saturated heterocycles. The molecule has 1 aromatic rings. The number of hydrogen-bond acceptors (Lipinski definition) is 2. The van der Waals surface area contributed by atoms with Crippen molar-refractivity contribution in [1.82, 2.24) is 4.90 Å². The molecule has 2 N–H and O–H groups in total. The van der Waals surface area contributed by atoms with Crippen LogP contribution in [-0.2, 0) is 0 Å². The van der Waals surface area contributed by atoms with E-state index in [-0.39, 0.29) is 6.04 Å². The topological polar surface area (TPSA) is 29.3 Å². The standard InChI is InChI=1S/C15H22N2/c1-3-12-17(4-2)13-8-11-15(16)14-9-6-5-7-10-14/h1,5-7,9-10,15H,4,8,11-13,16H2,2H3. The van der Waals surface area contributed by atoms with Gasteiger partial charge in [-0.15, -0.1) is 6.42 Å². The van der Waals surface area contributed by atoms with Crippen molar-refractivity contribution in [1.29, 1.82) is 0 Å². The number of hydrogen-bond donors (Lipinski definition) is 1. The summed E-state index contributed by atoms with van der Waals surface area (Å²) in [5.74, 6) is 2.68. The van der Waals surface area contributed by atoms with Gasteiger partial charge in [0.05, 0.1) is 6.54 Å². The summed E-state index contributed by atoms with van der Waals surface area (Å²) in [6.07, 6.45) is 7.41. The van der Waals surface area contributed by atoms with Crippen LogP contribution in [0.25, 0.3) is 0 Å². The number of benzene rings is 1. The normalized spacial score (nSPS) is 12.4. The highest BCUT2D eigenvalue weighted by Gasteiger charge is 2.06. The lowest BCUT2D eigenvalue weighted by atomic mass is 10.0. The van der Waals surface area contributed by atoms with Crippen molar-refractivity contribution in [3.05, 3.63) is 35.9 Å². The van der Waals surface area contributed by atoms with Gasteiger partial charge in [-0.3, -0.25) is 4.90 Å². The van der Waals surface area contributed by atoms with Crippen LogP contribution in [0.4, 0.5) is 0 Å². The summed E-state index contributed by atoms with van der Waals surface area (Å²) < 4.78 is 0. The average Bonchev–Trinajstić information content (AvgIpc) is 2.38. The second-order valence-corrected chi connectivity index (χ2v) is 4.23. The van der Waals surface area contributed by atoms with Crippen LogP contribution in [0.5, 0.6) is 0 Å². The quantitative estimate of drug-likeness (QED) is 0.729. The van der Waals surface area contributed by atoms with Gasteiger partial charge in [0.15, 0.2) is 0 Å². The highest BCUT2D eigenvalue weighted by molar-refractivity contribution is 5.18. The number of nitrogens with two attached hydrogens (primary N) is 1. The molecule has 2 nitrogen and oxygen atoms in total. The highest BCUT2D eigenvalue weighted by atomic mass is 15.1. The maximum absolute atomic E-state index is 6.14. The first-order valence-electron chi connectivity index (χ1n) is 6.24. The molecular formula is C15H22N2. The molecule has 1 unspecified atom stereocenters. The third-order valence-electron chi connectivity index (χ3n) is 2.98. The van der Waals surface area contributed by atoms with E-state index in [0.717, 1.165) is 32.5 Å². The van der Waals surface area contributed by atoms with E-state index < -0.39 is 0 Å². The van der Waals surface area contributed by atoms with Crippen molar-refractivity contribution in [2.45, 2.75) is 25.8 Å². The van der Waals surface area contributed by atoms with Crippen LogP contribution in [0.15, 0.2) is 30.3 Å². The number of rotatable bonds is 7. The maximum atomic E-state index is 6.14. The number of terminal acetylenes is 1. The molecule has 0 aliphatic carbocycles. The molecule has 0 aliphatic rings. The van der Waals surface area contributed by atoms with Crippen molar-refractivity contribution >= 4 is 0 Å². The Labute approximate surface area is 105 Å². The SMILES string of the molecule is C#CCN(CC)CCCC(N)c1ccccc1. The molecule has 0 bridgehead atoms. The second-order valence-electron chi connectivity index (χ2n) is 4.23. The van der Waals surface area contributed by atoms with Crippen molar-refractivity contribution in [3.63, 3.8) is 0 Å². The van der Waals surface area contributed by atoms with E-state index in [1.165, 1.54) is 5.56 Å². The predicted molar refractivity (Wildman–Crippen MR) is 73.6 cm³/mol. The summed E-state index contributed by atoms with van der Waals surface area (Å²) in [6, 6.07) is 10.4. The lowest BCUT2D eigenvalue weighted by Crippen LogP contribution is -2.25. The Balaban J connectivity index is 2.29. The van der Waals surface area contributed by atoms with Crippen molar-refractivity contribution in [3.8, 4) is 12.3 Å². The van der Waals surface area contributed by atoms with E-state index in [4.69, 9.17) is 12.2 Å². The van der Waals surface area contributed by atoms with Crippen LogP contribution in [0, 0.1) is 12.3 Å². The van der Waals surface area contributed by atoms with E-state index in [0.29, 0.717) is 0 Å². The van der Waals surface area contributed by atoms with Gasteiger partial charge in [-0.1, -0.05) is 43.2 Å². The zero-order chi connectivity index (χ0) is 12.5. The van der Waals surface area contributed by atoms with Crippen LogP contribution in [-0.4, -0.2) is 24.5 Å². The summed E-state index contributed by atoms with van der Waals surface area (Å²) in [4.78, 5) is 2.26. The van der Waals surface area contributed by atoms with Gasteiger partial charge in [-0.25, -0.2) is 0 Å². The van der Waals surface area contributed by atoms with E-state index in [1.54, 1.807) is 0 Å². The predicted octanol–water partition coefficient (Wildman–Crippen LogP) is 2.42. The minimum atomic E-state index is 0.140. The lowest BCUT2D eigenvalue weighted by Gasteiger charge is -2.18. The fourth-order valence-corrected chi connectivity index (χ4v) is 1.88. The Morgan fingerprint density at radius 2 is 2.06 bits per heavy atom. The molecule has 0 fully saturated rings. The first kappa shape index (κ1) is 13.8. The molecule has 92 valence electrons. The minimum absolute atomic E-state index is 0.140. The molecule has 2 heteroatoms. The zero-order valence-corrected chi connectivity index (χ0v) is 10.6. The first-order valence-corrected chi connectivity index (χ1v) is 6.24. The molecule has 1 rings (SSSR count). The lowest BCUT2D eigenvalue weighted by molar-refractivity contribution is 0.311. The Morgan fingerprint density at radius 1 is 1.35 bits per heavy atom. The summed E-state index contributed by atoms with van der Waals surface area (Å²) in [5, 5.41) is 0. The monoisotopic (exact) mass is 230 g/mol. The van der Waals surface area contributed by atoms with Gasteiger partial charge in [0, 0.05) is 6.04 Å². The van der Waals surface area contributed by atoms with Gasteiger partial charge < -0.3 is 5.73 Å². The highest BCUT2D eigenvalue weighted by Crippen LogP contribution is 2.15. The molecule has 0 saturated carbocycles. The zero-order valence-electron chi connectivity index (χ0n) is 10.6. The van der Waals surface area contributed by atoms with Crippen molar-refractivity contribution < 1.29 is 0 Å². The largest absolute Gasteiger partial charge is 0.324 e. The average molecular weight is 230 g/mol. The summed E-state index contributed by atoms with van der Waals surface area (Å²) in [5.41, 5.74) is 7.35. The van der Waals surface area contributed by atoms with Crippen LogP contribution in [0.1, 0.15) is 31.4 Å². The van der Waals surface area contributed by atoms with Crippen LogP contribution in [0.2, 0.25) is 0 Å². The summed E-state index contributed by atoms with van der Waals surface area (Å²) >= 11 is 0. The summed E-state index contributed by atoms with van der Waals surface area (Å²) in [7, 11) is 0. The summed E-state index contributed by atoms with van der Waals surface area (Å²) in [6.45, 7) is 4.90. The van der Waals surface area contributed by atoms with Gasteiger partial charge in [0.2, 0.25) is 0 Å². The van der Waals surface area contributed by atoms with Gasteiger partial charge in [-0.2, -0.15) is 0 Å². The van der Waals surface area contributed by atoms with Gasteiger partial charge in [-0.05, 0) is 31.5 Å². The van der Waals surface area contributed by atoms with E-state index in [1.807, 2.05) is 18.2 Å². The number of nitrogens with zero attached hydrogens (tertiary/aromatic N) is 1. The molecule has 0 aliphatic heterocycles. The Bertz CT molecular complexity index is 340. The van der Waals surface area contributed by atoms with E-state index in [9.17, 15) is 0 Å². The molecule has 1 aromatic carbocycles. The van der Waals surface area contributed by atoms with Crippen LogP contribution >= 0.6 is 0 Å². The third-order valence-corrected chi connectivity index (χ3v) is 2.98. The molecule has 17 heavy (non-hydrogen) atoms. The molecule has 0 amide bonds. The molecular weight excluding hydrogens is 208 g/mol. The van der Waals surface area contributed by atoms with Crippen molar-refractivity contribution in [2.24, 2.45) is 5.73 Å². The molecule has 0 radical (unpaired) electrons. The molecule has 0 aromatic heterocycles. The fourth-order valence-electron chi connectivity index (χ4n) is 1.88. The minimum Gasteiger partial charge on any atom is -0.324 e. The molecule has 1 atom stereocenters. The Morgan fingerprint density at radius 3 is 2.65 bits per heavy atom. The van der Waals surface area contributed by atoms with Gasteiger partial charge in [0.1, 0.15) is 0 Å². The molecule has 0 heterocycles. The third kappa shape index (κ3) is 5.04. The van der Waals surface area contributed by atoms with E-state index in [2.05, 4.69) is 29.9 Å². The Hall–Kier alpha value is -1.30. The van der Waals surface area contributed by atoms with Gasteiger partial charge >= 0.3 is 0 Å². The van der Waals surface area contributed by atoms with Gasteiger partial charge in [0.25, 0.3) is 0 Å². The maximum Gasteiger partial charge on any atom is 0.0598 e. The van der Waals surface area contributed by atoms with Crippen molar-refractivity contribution in [2.75, 3.05) is 19.6 Å². The molecule has 0 spiro atoms. The smallest absolute Gasteiger partial charge is 0.0598 e. The first-order chi connectivity index (χ1) is 8.27. The van der Waals surface area contributed by atoms with Crippen LogP contribution in [0.3, 0.4) is 0 Å².